The minimum atomic E-state index is -0.109. The molecule has 0 aliphatic carbocycles. The Bertz CT molecular complexity index is 1680. The standard InChI is InChI=1S/C28H24N10/c29-27(30)33-19-9-11-21-23(13-19)37-25(35-21)17-5-1-15(2-6-17)16-3-7-18(8-4-16)26-36-22-12-10-20(34-28(31)32)14-24(22)38-26/h1-14H,(H,35,37)(H,36,38)(H4,29,30,33)(H4,31,32,34). The van der Waals surface area contributed by atoms with E-state index in [1.807, 2.05) is 60.7 Å². The summed E-state index contributed by atoms with van der Waals surface area (Å²) in [6.07, 6.45) is 0. The number of fused-ring (bicyclic) bond motifs is 2. The second kappa shape index (κ2) is 9.10. The van der Waals surface area contributed by atoms with Crippen LogP contribution in [-0.2, 0) is 0 Å². The minimum Gasteiger partial charge on any atom is -0.370 e. The lowest BCUT2D eigenvalue weighted by Crippen LogP contribution is -2.20. The molecule has 10 heteroatoms. The van der Waals surface area contributed by atoms with Gasteiger partial charge in [-0.25, -0.2) is 9.97 Å². The van der Waals surface area contributed by atoms with Crippen molar-refractivity contribution in [2.75, 3.05) is 10.6 Å². The van der Waals surface area contributed by atoms with E-state index in [4.69, 9.17) is 22.3 Å². The fourth-order valence-electron chi connectivity index (χ4n) is 4.40. The van der Waals surface area contributed by atoms with Crippen LogP contribution in [0.4, 0.5) is 11.4 Å². The molecule has 0 unspecified atom stereocenters. The summed E-state index contributed by atoms with van der Waals surface area (Å²) in [4.78, 5) is 16.1. The normalized spacial score (nSPS) is 11.1. The zero-order valence-corrected chi connectivity index (χ0v) is 20.1. The van der Waals surface area contributed by atoms with Gasteiger partial charge in [0.25, 0.3) is 0 Å². The third-order valence-electron chi connectivity index (χ3n) is 6.17. The number of hydrogen-bond acceptors (Lipinski definition) is 4. The first kappa shape index (κ1) is 22.8. The monoisotopic (exact) mass is 500 g/mol. The van der Waals surface area contributed by atoms with Crippen LogP contribution >= 0.6 is 0 Å². The molecule has 0 spiro atoms. The van der Waals surface area contributed by atoms with E-state index < -0.39 is 0 Å². The quantitative estimate of drug-likeness (QED) is 0.121. The van der Waals surface area contributed by atoms with Gasteiger partial charge in [-0.1, -0.05) is 48.5 Å². The number of rotatable bonds is 5. The van der Waals surface area contributed by atoms with E-state index in [-0.39, 0.29) is 11.9 Å². The molecule has 10 nitrogen and oxygen atoms in total. The number of aromatic amines is 2. The molecule has 0 atom stereocenters. The first-order valence-electron chi connectivity index (χ1n) is 11.8. The van der Waals surface area contributed by atoms with Crippen molar-refractivity contribution < 1.29 is 0 Å². The van der Waals surface area contributed by atoms with Crippen LogP contribution in [0.15, 0.2) is 84.9 Å². The largest absolute Gasteiger partial charge is 0.370 e. The van der Waals surface area contributed by atoms with Gasteiger partial charge in [0.05, 0.1) is 22.1 Å². The van der Waals surface area contributed by atoms with E-state index in [1.54, 1.807) is 0 Å². The van der Waals surface area contributed by atoms with Crippen LogP contribution in [-0.4, -0.2) is 31.9 Å². The zero-order valence-electron chi connectivity index (χ0n) is 20.1. The van der Waals surface area contributed by atoms with Gasteiger partial charge >= 0.3 is 0 Å². The number of imidazole rings is 2. The summed E-state index contributed by atoms with van der Waals surface area (Å²) in [5.74, 6) is 1.33. The van der Waals surface area contributed by atoms with Crippen LogP contribution in [0.1, 0.15) is 0 Å². The highest BCUT2D eigenvalue weighted by Crippen LogP contribution is 2.28. The third kappa shape index (κ3) is 4.49. The molecule has 2 aromatic heterocycles. The first-order valence-corrected chi connectivity index (χ1v) is 11.8. The lowest BCUT2D eigenvalue weighted by molar-refractivity contribution is 1.33. The summed E-state index contributed by atoms with van der Waals surface area (Å²) in [5.41, 5.74) is 19.9. The van der Waals surface area contributed by atoms with Crippen LogP contribution in [0.3, 0.4) is 0 Å². The van der Waals surface area contributed by atoms with Gasteiger partial charge in [0, 0.05) is 22.5 Å². The molecule has 6 aromatic rings. The number of H-pyrrole nitrogens is 2. The molecule has 0 fully saturated rings. The average molecular weight is 501 g/mol. The molecule has 10 N–H and O–H groups in total. The van der Waals surface area contributed by atoms with Gasteiger partial charge in [-0.05, 0) is 47.5 Å². The average Bonchev–Trinajstić information content (AvgIpc) is 3.52. The number of benzene rings is 4. The topological polar surface area (TPSA) is 181 Å². The van der Waals surface area contributed by atoms with Crippen LogP contribution in [0.2, 0.25) is 0 Å². The Morgan fingerprint density at radius 3 is 1.29 bits per heavy atom. The van der Waals surface area contributed by atoms with Gasteiger partial charge in [0.1, 0.15) is 11.6 Å². The number of anilines is 2. The van der Waals surface area contributed by atoms with Crippen molar-refractivity contribution in [1.29, 1.82) is 10.8 Å². The maximum atomic E-state index is 7.40. The molecule has 0 saturated carbocycles. The van der Waals surface area contributed by atoms with E-state index in [0.29, 0.717) is 0 Å². The van der Waals surface area contributed by atoms with Gasteiger partial charge in [-0.15, -0.1) is 0 Å². The number of nitrogens with one attached hydrogen (secondary N) is 6. The van der Waals surface area contributed by atoms with Crippen molar-refractivity contribution in [3.05, 3.63) is 84.9 Å². The Balaban J connectivity index is 1.21. The lowest BCUT2D eigenvalue weighted by Gasteiger charge is -2.04. The second-order valence-corrected chi connectivity index (χ2v) is 8.87. The molecule has 38 heavy (non-hydrogen) atoms. The number of nitrogens with two attached hydrogens (primary N) is 2. The van der Waals surface area contributed by atoms with Crippen molar-refractivity contribution in [2.45, 2.75) is 0 Å². The predicted octanol–water partition coefficient (Wildman–Crippen LogP) is 5.05. The Labute approximate surface area is 217 Å². The fourth-order valence-corrected chi connectivity index (χ4v) is 4.40. The molecule has 0 amide bonds. The van der Waals surface area contributed by atoms with E-state index in [1.165, 1.54) is 0 Å². The van der Waals surface area contributed by atoms with Crippen molar-refractivity contribution >= 4 is 45.4 Å². The van der Waals surface area contributed by atoms with Gasteiger partial charge in [-0.3, -0.25) is 10.8 Å². The molecular formula is C28H24N10. The number of guanidine groups is 2. The van der Waals surface area contributed by atoms with Crippen LogP contribution in [0.5, 0.6) is 0 Å². The molecule has 4 aromatic carbocycles. The van der Waals surface area contributed by atoms with E-state index >= 15 is 0 Å². The molecule has 0 saturated heterocycles. The Hall–Kier alpha value is -5.64. The highest BCUT2D eigenvalue weighted by atomic mass is 15.1. The third-order valence-corrected chi connectivity index (χ3v) is 6.17. The molecule has 0 radical (unpaired) electrons. The second-order valence-electron chi connectivity index (χ2n) is 8.87. The summed E-state index contributed by atoms with van der Waals surface area (Å²) in [5, 5.41) is 20.4. The summed E-state index contributed by atoms with van der Waals surface area (Å²) in [6.45, 7) is 0. The van der Waals surface area contributed by atoms with Gasteiger partial charge in [0.15, 0.2) is 11.9 Å². The highest BCUT2D eigenvalue weighted by Gasteiger charge is 2.09. The first-order chi connectivity index (χ1) is 18.4. The molecule has 6 rings (SSSR count). The predicted molar refractivity (Wildman–Crippen MR) is 153 cm³/mol. The number of nitrogens with zero attached hydrogens (tertiary/aromatic N) is 2. The number of aromatic nitrogens is 4. The molecular weight excluding hydrogens is 476 g/mol. The van der Waals surface area contributed by atoms with E-state index in [9.17, 15) is 0 Å². The molecule has 0 bridgehead atoms. The summed E-state index contributed by atoms with van der Waals surface area (Å²) in [6, 6.07) is 27.7. The molecule has 186 valence electrons. The van der Waals surface area contributed by atoms with Crippen molar-refractivity contribution in [3.63, 3.8) is 0 Å². The molecule has 0 aliphatic heterocycles. The van der Waals surface area contributed by atoms with E-state index in [0.717, 1.165) is 67.3 Å². The van der Waals surface area contributed by atoms with Crippen molar-refractivity contribution in [1.82, 2.24) is 19.9 Å². The Morgan fingerprint density at radius 2 is 0.921 bits per heavy atom. The smallest absolute Gasteiger partial charge is 0.190 e. The van der Waals surface area contributed by atoms with Gasteiger partial charge < -0.3 is 32.1 Å². The van der Waals surface area contributed by atoms with Crippen molar-refractivity contribution in [2.24, 2.45) is 11.5 Å². The van der Waals surface area contributed by atoms with Gasteiger partial charge in [0.2, 0.25) is 0 Å². The zero-order chi connectivity index (χ0) is 26.2. The fraction of sp³-hybridized carbons (Fsp3) is 0. The maximum absolute atomic E-state index is 7.40. The Morgan fingerprint density at radius 1 is 0.553 bits per heavy atom. The van der Waals surface area contributed by atoms with Gasteiger partial charge in [-0.2, -0.15) is 0 Å². The van der Waals surface area contributed by atoms with Crippen LogP contribution in [0, 0.1) is 10.8 Å². The number of hydrogen-bond donors (Lipinski definition) is 8. The van der Waals surface area contributed by atoms with Crippen molar-refractivity contribution in [3.8, 4) is 33.9 Å². The lowest BCUT2D eigenvalue weighted by atomic mass is 10.0. The van der Waals surface area contributed by atoms with E-state index in [2.05, 4.69) is 54.8 Å². The summed E-state index contributed by atoms with van der Waals surface area (Å²) < 4.78 is 0. The minimum absolute atomic E-state index is 0.109. The Kier molecular flexibility index (Phi) is 5.46. The SMILES string of the molecule is N=C(N)Nc1ccc2nc(-c3ccc(-c4ccc(-c5nc6ccc(NC(=N)N)cc6[nH]5)cc4)cc3)[nH]c2c1. The molecule has 0 aliphatic rings. The highest BCUT2D eigenvalue weighted by molar-refractivity contribution is 5.93. The maximum Gasteiger partial charge on any atom is 0.190 e. The summed E-state index contributed by atoms with van der Waals surface area (Å²) in [7, 11) is 0. The molecule has 2 heterocycles. The van der Waals surface area contributed by atoms with Crippen LogP contribution < -0.4 is 22.1 Å². The van der Waals surface area contributed by atoms with Crippen LogP contribution in [0.25, 0.3) is 56.0 Å². The summed E-state index contributed by atoms with van der Waals surface area (Å²) >= 11 is 0.